The fraction of sp³-hybridized carbons (Fsp3) is 0.333. The lowest BCUT2D eigenvalue weighted by Crippen LogP contribution is -2.46. The topological polar surface area (TPSA) is 44.3 Å². The lowest BCUT2D eigenvalue weighted by Gasteiger charge is -2.35. The molecule has 1 fully saturated rings. The summed E-state index contributed by atoms with van der Waals surface area (Å²) in [6.45, 7) is 11.2. The molecule has 0 unspecified atom stereocenters. The van der Waals surface area contributed by atoms with Crippen molar-refractivity contribution in [3.05, 3.63) is 77.0 Å². The summed E-state index contributed by atoms with van der Waals surface area (Å²) in [5.41, 5.74) is 5.92. The molecule has 4 rings (SSSR count). The summed E-state index contributed by atoms with van der Waals surface area (Å²) < 4.78 is 0. The molecule has 1 aliphatic rings. The zero-order valence-electron chi connectivity index (χ0n) is 17.5. The van der Waals surface area contributed by atoms with Gasteiger partial charge in [0.15, 0.2) is 0 Å². The summed E-state index contributed by atoms with van der Waals surface area (Å²) in [4.78, 5) is 14.3. The largest absolute Gasteiger partial charge is 0.340 e. The van der Waals surface area contributed by atoms with Gasteiger partial charge in [-0.15, -0.1) is 0 Å². The number of nitrogens with zero attached hydrogens (tertiary/aromatic N) is 4. The number of aryl methyl sites for hydroxylation is 3. The van der Waals surface area contributed by atoms with E-state index in [0.717, 1.165) is 55.9 Å². The highest BCUT2D eigenvalue weighted by Gasteiger charge is 2.20. The average molecular weight is 388 g/mol. The van der Waals surface area contributed by atoms with E-state index in [1.807, 2.05) is 13.0 Å². The summed E-state index contributed by atoms with van der Waals surface area (Å²) in [5.74, 6) is 1.67. The molecule has 0 atom stereocenters. The molecule has 0 amide bonds. The van der Waals surface area contributed by atoms with Crippen molar-refractivity contribution in [2.24, 2.45) is 0 Å². The van der Waals surface area contributed by atoms with Gasteiger partial charge in [0.2, 0.25) is 5.95 Å². The minimum Gasteiger partial charge on any atom is -0.340 e. The maximum Gasteiger partial charge on any atom is 0.227 e. The molecule has 2 heterocycles. The van der Waals surface area contributed by atoms with Crippen LogP contribution >= 0.6 is 0 Å². The Morgan fingerprint density at radius 3 is 2.34 bits per heavy atom. The standard InChI is InChI=1S/C24H29N5/c1-18-9-10-22(19(2)15-18)26-23-16-20(3)25-24(27-23)29-13-11-28(12-14-29)17-21-7-5-4-6-8-21/h4-10,15-16H,11-14,17H2,1-3H3,(H,25,26,27). The van der Waals surface area contributed by atoms with Crippen molar-refractivity contribution in [2.45, 2.75) is 27.3 Å². The number of hydrogen-bond acceptors (Lipinski definition) is 5. The molecule has 0 aliphatic carbocycles. The Kier molecular flexibility index (Phi) is 5.76. The van der Waals surface area contributed by atoms with E-state index >= 15 is 0 Å². The molecule has 29 heavy (non-hydrogen) atoms. The second kappa shape index (κ2) is 8.62. The van der Waals surface area contributed by atoms with Crippen molar-refractivity contribution in [1.82, 2.24) is 14.9 Å². The number of aromatic nitrogens is 2. The Labute approximate surface area is 173 Å². The highest BCUT2D eigenvalue weighted by Crippen LogP contribution is 2.23. The van der Waals surface area contributed by atoms with E-state index in [4.69, 9.17) is 9.97 Å². The Balaban J connectivity index is 1.43. The Morgan fingerprint density at radius 1 is 0.862 bits per heavy atom. The van der Waals surface area contributed by atoms with E-state index < -0.39 is 0 Å². The third-order valence-corrected chi connectivity index (χ3v) is 5.39. The van der Waals surface area contributed by atoms with E-state index in [0.29, 0.717) is 0 Å². The number of hydrogen-bond donors (Lipinski definition) is 1. The molecule has 0 saturated carbocycles. The summed E-state index contributed by atoms with van der Waals surface area (Å²) in [7, 11) is 0. The van der Waals surface area contributed by atoms with E-state index in [1.54, 1.807) is 0 Å². The Hall–Kier alpha value is -2.92. The second-order valence-electron chi connectivity index (χ2n) is 7.89. The van der Waals surface area contributed by atoms with Crippen LogP contribution < -0.4 is 10.2 Å². The van der Waals surface area contributed by atoms with E-state index in [1.165, 1.54) is 16.7 Å². The van der Waals surface area contributed by atoms with Crippen molar-refractivity contribution in [2.75, 3.05) is 36.4 Å². The van der Waals surface area contributed by atoms with Gasteiger partial charge in [0, 0.05) is 50.2 Å². The van der Waals surface area contributed by atoms with Crippen LogP contribution in [0.25, 0.3) is 0 Å². The van der Waals surface area contributed by atoms with Gasteiger partial charge in [0.1, 0.15) is 5.82 Å². The fourth-order valence-corrected chi connectivity index (χ4v) is 3.80. The van der Waals surface area contributed by atoms with E-state index in [2.05, 4.69) is 77.5 Å². The van der Waals surface area contributed by atoms with Gasteiger partial charge in [-0.1, -0.05) is 48.0 Å². The van der Waals surface area contributed by atoms with Gasteiger partial charge >= 0.3 is 0 Å². The fourth-order valence-electron chi connectivity index (χ4n) is 3.80. The first-order chi connectivity index (χ1) is 14.1. The molecule has 0 radical (unpaired) electrons. The van der Waals surface area contributed by atoms with Gasteiger partial charge in [0.05, 0.1) is 0 Å². The maximum absolute atomic E-state index is 4.81. The zero-order chi connectivity index (χ0) is 20.2. The van der Waals surface area contributed by atoms with Crippen LogP contribution in [-0.4, -0.2) is 41.0 Å². The number of nitrogens with one attached hydrogen (secondary N) is 1. The zero-order valence-corrected chi connectivity index (χ0v) is 17.5. The maximum atomic E-state index is 4.81. The molecule has 1 aromatic heterocycles. The Bertz CT molecular complexity index is 962. The summed E-state index contributed by atoms with van der Waals surface area (Å²) >= 11 is 0. The molecule has 5 heteroatoms. The van der Waals surface area contributed by atoms with Gasteiger partial charge in [-0.05, 0) is 38.0 Å². The van der Waals surface area contributed by atoms with Crippen molar-refractivity contribution in [3.8, 4) is 0 Å². The van der Waals surface area contributed by atoms with Crippen molar-refractivity contribution in [1.29, 1.82) is 0 Å². The normalized spacial score (nSPS) is 14.8. The quantitative estimate of drug-likeness (QED) is 0.700. The number of piperazine rings is 1. The van der Waals surface area contributed by atoms with Gasteiger partial charge in [-0.3, -0.25) is 4.90 Å². The smallest absolute Gasteiger partial charge is 0.227 e. The SMILES string of the molecule is Cc1ccc(Nc2cc(C)nc(N3CCN(Cc4ccccc4)CC3)n2)c(C)c1. The molecule has 150 valence electrons. The first kappa shape index (κ1) is 19.4. The average Bonchev–Trinajstić information content (AvgIpc) is 2.71. The van der Waals surface area contributed by atoms with Crippen LogP contribution in [0.5, 0.6) is 0 Å². The predicted octanol–water partition coefficient (Wildman–Crippen LogP) is 4.47. The number of anilines is 3. The van der Waals surface area contributed by atoms with Crippen LogP contribution in [-0.2, 0) is 6.54 Å². The van der Waals surface area contributed by atoms with Crippen LogP contribution in [0, 0.1) is 20.8 Å². The first-order valence-electron chi connectivity index (χ1n) is 10.3. The van der Waals surface area contributed by atoms with Crippen molar-refractivity contribution >= 4 is 17.5 Å². The molecule has 0 bridgehead atoms. The molecule has 5 nitrogen and oxygen atoms in total. The lowest BCUT2D eigenvalue weighted by molar-refractivity contribution is 0.248. The van der Waals surface area contributed by atoms with Crippen molar-refractivity contribution < 1.29 is 0 Å². The van der Waals surface area contributed by atoms with Gasteiger partial charge in [0.25, 0.3) is 0 Å². The highest BCUT2D eigenvalue weighted by atomic mass is 15.3. The summed E-state index contributed by atoms with van der Waals surface area (Å²) in [6, 6.07) is 19.1. The van der Waals surface area contributed by atoms with Gasteiger partial charge in [-0.2, -0.15) is 4.98 Å². The van der Waals surface area contributed by atoms with E-state index in [-0.39, 0.29) is 0 Å². The van der Waals surface area contributed by atoms with Gasteiger partial charge in [-0.25, -0.2) is 4.98 Å². The monoisotopic (exact) mass is 387 g/mol. The van der Waals surface area contributed by atoms with E-state index in [9.17, 15) is 0 Å². The molecule has 2 aromatic carbocycles. The van der Waals surface area contributed by atoms with Crippen LogP contribution in [0.1, 0.15) is 22.4 Å². The lowest BCUT2D eigenvalue weighted by atomic mass is 10.1. The van der Waals surface area contributed by atoms with Crippen LogP contribution in [0.3, 0.4) is 0 Å². The molecular formula is C24H29N5. The van der Waals surface area contributed by atoms with Gasteiger partial charge < -0.3 is 10.2 Å². The third kappa shape index (κ3) is 4.93. The van der Waals surface area contributed by atoms with Crippen LogP contribution in [0.4, 0.5) is 17.5 Å². The number of benzene rings is 2. The third-order valence-electron chi connectivity index (χ3n) is 5.39. The van der Waals surface area contributed by atoms with Crippen LogP contribution in [0.15, 0.2) is 54.6 Å². The molecule has 1 saturated heterocycles. The number of rotatable bonds is 5. The minimum atomic E-state index is 0.816. The molecular weight excluding hydrogens is 358 g/mol. The minimum absolute atomic E-state index is 0.816. The summed E-state index contributed by atoms with van der Waals surface area (Å²) in [5, 5.41) is 3.47. The Morgan fingerprint density at radius 2 is 1.62 bits per heavy atom. The van der Waals surface area contributed by atoms with Crippen LogP contribution in [0.2, 0.25) is 0 Å². The highest BCUT2D eigenvalue weighted by molar-refractivity contribution is 5.62. The molecule has 3 aromatic rings. The molecule has 1 aliphatic heterocycles. The summed E-state index contributed by atoms with van der Waals surface area (Å²) in [6.07, 6.45) is 0. The molecule has 0 spiro atoms. The predicted molar refractivity (Wildman–Crippen MR) is 120 cm³/mol. The second-order valence-corrected chi connectivity index (χ2v) is 7.89. The first-order valence-corrected chi connectivity index (χ1v) is 10.3. The molecule has 1 N–H and O–H groups in total. The van der Waals surface area contributed by atoms with Crippen molar-refractivity contribution in [3.63, 3.8) is 0 Å².